The van der Waals surface area contributed by atoms with E-state index in [9.17, 15) is 29.1 Å². The molecular formula is C30H28N2O7. The molecule has 9 heteroatoms. The molecule has 4 aliphatic rings. The van der Waals surface area contributed by atoms with Crippen molar-refractivity contribution in [1.82, 2.24) is 4.90 Å². The fourth-order valence-corrected chi connectivity index (χ4v) is 7.38. The second-order valence-electron chi connectivity index (χ2n) is 11.1. The maximum Gasteiger partial charge on any atom is 0.305 e. The van der Waals surface area contributed by atoms with Gasteiger partial charge in [0.15, 0.2) is 0 Å². The molecule has 2 aliphatic heterocycles. The number of allylic oxidation sites excluding steroid dienone is 2. The molecule has 3 fully saturated rings. The number of carboxylic acid groups (broad SMARTS) is 1. The summed E-state index contributed by atoms with van der Waals surface area (Å²) in [6, 6.07) is 15.3. The zero-order valence-electron chi connectivity index (χ0n) is 21.3. The summed E-state index contributed by atoms with van der Waals surface area (Å²) in [5, 5.41) is 19.1. The number of carbonyl (C=O) groups excluding carboxylic acids is 4. The molecular weight excluding hydrogens is 500 g/mol. The third-order valence-corrected chi connectivity index (χ3v) is 9.16. The van der Waals surface area contributed by atoms with Crippen molar-refractivity contribution in [2.75, 3.05) is 11.4 Å². The molecule has 2 heterocycles. The zero-order chi connectivity index (χ0) is 27.6. The molecule has 2 N–H and O–H groups in total. The van der Waals surface area contributed by atoms with Crippen molar-refractivity contribution < 1.29 is 34.2 Å². The first-order chi connectivity index (χ1) is 18.6. The number of phenolic OH excluding ortho intramolecular Hbond substituents is 1. The van der Waals surface area contributed by atoms with Gasteiger partial charge in [0, 0.05) is 12.5 Å². The minimum atomic E-state index is -1.15. The van der Waals surface area contributed by atoms with Crippen LogP contribution in [0.5, 0.6) is 5.75 Å². The van der Waals surface area contributed by atoms with Gasteiger partial charge in [0.25, 0.3) is 0 Å². The standard InChI is InChI=1S/C30H28N2O7/c1-30-22(27(37)32(29(30)39)17-5-3-2-4-6-17)15-21-19(25(30)16-7-9-18(33)10-8-16)11-12-20-24(21)28(38)31(26(20)36)14-13-23(34)35/h2-11,20-22,24-25,33H,12-15H2,1H3,(H,34,35). The Hall–Kier alpha value is -4.27. The Bertz CT molecular complexity index is 1430. The van der Waals surface area contributed by atoms with Crippen LogP contribution in [0.2, 0.25) is 0 Å². The highest BCUT2D eigenvalue weighted by Crippen LogP contribution is 2.63. The maximum atomic E-state index is 14.2. The summed E-state index contributed by atoms with van der Waals surface area (Å²) in [7, 11) is 0. The predicted octanol–water partition coefficient (Wildman–Crippen LogP) is 3.10. The number of carbonyl (C=O) groups is 5. The van der Waals surface area contributed by atoms with E-state index in [4.69, 9.17) is 5.11 Å². The van der Waals surface area contributed by atoms with Crippen molar-refractivity contribution in [3.63, 3.8) is 0 Å². The van der Waals surface area contributed by atoms with E-state index in [0.717, 1.165) is 16.0 Å². The number of rotatable bonds is 5. The number of para-hydroxylation sites is 1. The van der Waals surface area contributed by atoms with Gasteiger partial charge in [-0.1, -0.05) is 42.0 Å². The van der Waals surface area contributed by atoms with Gasteiger partial charge in [-0.3, -0.25) is 28.9 Å². The zero-order valence-corrected chi connectivity index (χ0v) is 21.3. The number of nitrogens with zero attached hydrogens (tertiary/aromatic N) is 2. The lowest BCUT2D eigenvalue weighted by atomic mass is 9.51. The Kier molecular flexibility index (Phi) is 5.71. The third kappa shape index (κ3) is 3.56. The molecule has 0 radical (unpaired) electrons. The number of aliphatic carboxylic acids is 1. The SMILES string of the molecule is CC12C(=O)N(c3ccccc3)C(=O)C1CC1C(=CCC3C(=O)N(CCC(=O)O)C(=O)C31)C2c1ccc(O)cc1. The van der Waals surface area contributed by atoms with Crippen LogP contribution >= 0.6 is 0 Å². The molecule has 9 nitrogen and oxygen atoms in total. The van der Waals surface area contributed by atoms with E-state index in [1.165, 1.54) is 17.0 Å². The Morgan fingerprint density at radius 3 is 2.31 bits per heavy atom. The van der Waals surface area contributed by atoms with Crippen molar-refractivity contribution in [2.24, 2.45) is 29.1 Å². The molecule has 6 unspecified atom stereocenters. The van der Waals surface area contributed by atoms with Crippen LogP contribution in [-0.4, -0.2) is 51.3 Å². The Labute approximate surface area is 224 Å². The van der Waals surface area contributed by atoms with Gasteiger partial charge in [0.1, 0.15) is 5.75 Å². The number of benzene rings is 2. The molecule has 6 rings (SSSR count). The van der Waals surface area contributed by atoms with Crippen LogP contribution in [0.3, 0.4) is 0 Å². The smallest absolute Gasteiger partial charge is 0.305 e. The molecule has 0 aromatic heterocycles. The number of imide groups is 2. The fraction of sp³-hybridized carbons (Fsp3) is 0.367. The molecule has 0 bridgehead atoms. The third-order valence-electron chi connectivity index (χ3n) is 9.16. The summed E-state index contributed by atoms with van der Waals surface area (Å²) in [5.74, 6) is -5.56. The molecule has 0 spiro atoms. The highest BCUT2D eigenvalue weighted by molar-refractivity contribution is 6.24. The molecule has 2 aromatic carbocycles. The summed E-state index contributed by atoms with van der Waals surface area (Å²) in [6.45, 7) is 1.62. The molecule has 4 amide bonds. The van der Waals surface area contributed by atoms with Gasteiger partial charge in [-0.15, -0.1) is 0 Å². The van der Waals surface area contributed by atoms with Gasteiger partial charge in [-0.2, -0.15) is 0 Å². The monoisotopic (exact) mass is 528 g/mol. The van der Waals surface area contributed by atoms with E-state index in [1.54, 1.807) is 42.5 Å². The van der Waals surface area contributed by atoms with Crippen molar-refractivity contribution in [3.8, 4) is 5.75 Å². The van der Waals surface area contributed by atoms with Gasteiger partial charge in [0.05, 0.1) is 35.3 Å². The van der Waals surface area contributed by atoms with Gasteiger partial charge in [-0.05, 0) is 55.5 Å². The van der Waals surface area contributed by atoms with Crippen LogP contribution in [0.15, 0.2) is 66.2 Å². The minimum absolute atomic E-state index is 0.0656. The highest BCUT2D eigenvalue weighted by Gasteiger charge is 2.67. The van der Waals surface area contributed by atoms with E-state index in [2.05, 4.69) is 0 Å². The predicted molar refractivity (Wildman–Crippen MR) is 138 cm³/mol. The van der Waals surface area contributed by atoms with Crippen LogP contribution < -0.4 is 4.90 Å². The highest BCUT2D eigenvalue weighted by atomic mass is 16.4. The summed E-state index contributed by atoms with van der Waals surface area (Å²) in [6.07, 6.45) is 2.14. The van der Waals surface area contributed by atoms with Crippen molar-refractivity contribution >= 4 is 35.3 Å². The van der Waals surface area contributed by atoms with Crippen LogP contribution in [-0.2, 0) is 24.0 Å². The summed E-state index contributed by atoms with van der Waals surface area (Å²) >= 11 is 0. The average Bonchev–Trinajstić information content (AvgIpc) is 3.28. The van der Waals surface area contributed by atoms with Crippen LogP contribution in [0.4, 0.5) is 5.69 Å². The number of hydrogen-bond donors (Lipinski definition) is 2. The van der Waals surface area contributed by atoms with E-state index in [0.29, 0.717) is 12.1 Å². The van der Waals surface area contributed by atoms with Crippen LogP contribution in [0.25, 0.3) is 0 Å². The minimum Gasteiger partial charge on any atom is -0.508 e. The van der Waals surface area contributed by atoms with Crippen LogP contribution in [0, 0.1) is 29.1 Å². The molecule has 200 valence electrons. The number of anilines is 1. The largest absolute Gasteiger partial charge is 0.508 e. The topological polar surface area (TPSA) is 132 Å². The Morgan fingerprint density at radius 2 is 1.64 bits per heavy atom. The Morgan fingerprint density at radius 1 is 0.949 bits per heavy atom. The molecule has 2 aromatic rings. The van der Waals surface area contributed by atoms with E-state index in [-0.39, 0.29) is 42.9 Å². The summed E-state index contributed by atoms with van der Waals surface area (Å²) in [5.41, 5.74) is 0.922. The number of likely N-dealkylation sites (tertiary alicyclic amines) is 1. The molecule has 6 atom stereocenters. The van der Waals surface area contributed by atoms with Crippen LogP contribution in [0.1, 0.15) is 37.7 Å². The quantitative estimate of drug-likeness (QED) is 0.450. The van der Waals surface area contributed by atoms with Crippen molar-refractivity contribution in [2.45, 2.75) is 32.1 Å². The lowest BCUT2D eigenvalue weighted by molar-refractivity contribution is -0.142. The summed E-state index contributed by atoms with van der Waals surface area (Å²) in [4.78, 5) is 68.4. The van der Waals surface area contributed by atoms with Crippen molar-refractivity contribution in [3.05, 3.63) is 71.8 Å². The number of fused-ring (bicyclic) bond motifs is 4. The van der Waals surface area contributed by atoms with Gasteiger partial charge in [0.2, 0.25) is 23.6 Å². The Balaban J connectivity index is 1.47. The summed E-state index contributed by atoms with van der Waals surface area (Å²) < 4.78 is 0. The normalized spacial score (nSPS) is 31.6. The molecule has 39 heavy (non-hydrogen) atoms. The van der Waals surface area contributed by atoms with Crippen molar-refractivity contribution in [1.29, 1.82) is 0 Å². The number of hydrogen-bond acceptors (Lipinski definition) is 6. The lowest BCUT2D eigenvalue weighted by Crippen LogP contribution is -2.48. The molecule has 2 aliphatic carbocycles. The van der Waals surface area contributed by atoms with Gasteiger partial charge in [-0.25, -0.2) is 4.90 Å². The van der Waals surface area contributed by atoms with E-state index >= 15 is 0 Å². The number of carboxylic acids is 1. The van der Waals surface area contributed by atoms with E-state index < -0.39 is 46.9 Å². The number of phenols is 1. The van der Waals surface area contributed by atoms with Gasteiger partial charge < -0.3 is 10.2 Å². The number of amides is 4. The van der Waals surface area contributed by atoms with Gasteiger partial charge >= 0.3 is 5.97 Å². The first-order valence-electron chi connectivity index (χ1n) is 13.1. The molecule has 2 saturated heterocycles. The first-order valence-corrected chi connectivity index (χ1v) is 13.1. The second kappa shape index (κ2) is 8.90. The average molecular weight is 529 g/mol. The fourth-order valence-electron chi connectivity index (χ4n) is 7.38. The second-order valence-corrected chi connectivity index (χ2v) is 11.1. The van der Waals surface area contributed by atoms with E-state index in [1.807, 2.05) is 13.0 Å². The number of aromatic hydroxyl groups is 1. The maximum absolute atomic E-state index is 14.2. The first kappa shape index (κ1) is 25.0. The lowest BCUT2D eigenvalue weighted by Gasteiger charge is -2.49. The molecule has 1 saturated carbocycles.